The summed E-state index contributed by atoms with van der Waals surface area (Å²) >= 11 is 0. The van der Waals surface area contributed by atoms with Gasteiger partial charge < -0.3 is 10.1 Å². The summed E-state index contributed by atoms with van der Waals surface area (Å²) in [6.07, 6.45) is -3.29. The van der Waals surface area contributed by atoms with E-state index in [1.165, 1.54) is 13.3 Å². The van der Waals surface area contributed by atoms with Crippen LogP contribution < -0.4 is 5.32 Å². The average molecular weight is 327 g/mol. The molecule has 2 N–H and O–H groups in total. The van der Waals surface area contributed by atoms with Crippen molar-refractivity contribution < 1.29 is 27.5 Å². The molecule has 2 aromatic rings. The van der Waals surface area contributed by atoms with Gasteiger partial charge in [0, 0.05) is 11.3 Å². The Hall–Kier alpha value is -2.84. The molecule has 0 aliphatic carbocycles. The summed E-state index contributed by atoms with van der Waals surface area (Å²) in [4.78, 5) is 23.3. The number of nitrogens with zero attached hydrogens (tertiary/aromatic N) is 1. The lowest BCUT2D eigenvalue weighted by Gasteiger charge is -2.09. The van der Waals surface area contributed by atoms with Gasteiger partial charge in [-0.1, -0.05) is 0 Å². The quantitative estimate of drug-likeness (QED) is 0.845. The minimum Gasteiger partial charge on any atom is -0.469 e. The first-order valence-electron chi connectivity index (χ1n) is 6.39. The van der Waals surface area contributed by atoms with Gasteiger partial charge in [0.05, 0.1) is 25.3 Å². The molecule has 9 heteroatoms. The van der Waals surface area contributed by atoms with Crippen molar-refractivity contribution >= 4 is 17.6 Å². The van der Waals surface area contributed by atoms with Crippen molar-refractivity contribution in [2.45, 2.75) is 12.6 Å². The maximum absolute atomic E-state index is 12.5. The number of esters is 1. The van der Waals surface area contributed by atoms with E-state index in [1.807, 2.05) is 0 Å². The highest BCUT2D eigenvalue weighted by Crippen LogP contribution is 2.29. The summed E-state index contributed by atoms with van der Waals surface area (Å²) < 4.78 is 41.9. The highest BCUT2D eigenvalue weighted by molar-refractivity contribution is 6.04. The second kappa shape index (κ2) is 6.51. The first-order chi connectivity index (χ1) is 10.8. The Balaban J connectivity index is 2.11. The van der Waals surface area contributed by atoms with Crippen LogP contribution in [0.1, 0.15) is 21.6 Å². The predicted molar refractivity (Wildman–Crippen MR) is 73.7 cm³/mol. The summed E-state index contributed by atoms with van der Waals surface area (Å²) in [7, 11) is 1.21. The third-order valence-corrected chi connectivity index (χ3v) is 2.98. The molecule has 0 aliphatic heterocycles. The molecule has 122 valence electrons. The first-order valence-corrected chi connectivity index (χ1v) is 6.39. The number of amides is 1. The van der Waals surface area contributed by atoms with Gasteiger partial charge in [-0.3, -0.25) is 14.7 Å². The van der Waals surface area contributed by atoms with Crippen LogP contribution in [0.3, 0.4) is 0 Å². The zero-order valence-corrected chi connectivity index (χ0v) is 11.9. The van der Waals surface area contributed by atoms with Crippen LogP contribution in [0.25, 0.3) is 0 Å². The number of H-pyrrole nitrogens is 1. The van der Waals surface area contributed by atoms with E-state index in [-0.39, 0.29) is 17.8 Å². The molecule has 0 unspecified atom stereocenters. The van der Waals surface area contributed by atoms with Crippen LogP contribution in [0.4, 0.5) is 18.9 Å². The number of benzene rings is 1. The number of aromatic nitrogens is 2. The fraction of sp³-hybridized carbons (Fsp3) is 0.214. The van der Waals surface area contributed by atoms with E-state index in [0.29, 0.717) is 5.56 Å². The SMILES string of the molecule is COC(=O)Cc1cn[nH]c1C(=O)Nc1ccc(C(F)(F)F)cc1. The minimum atomic E-state index is -4.44. The van der Waals surface area contributed by atoms with E-state index in [9.17, 15) is 22.8 Å². The zero-order chi connectivity index (χ0) is 17.0. The summed E-state index contributed by atoms with van der Waals surface area (Å²) in [5.41, 5.74) is -0.276. The molecule has 23 heavy (non-hydrogen) atoms. The molecule has 0 bridgehead atoms. The molecule has 0 saturated heterocycles. The van der Waals surface area contributed by atoms with E-state index < -0.39 is 23.6 Å². The molecular formula is C14H12F3N3O3. The fourth-order valence-electron chi connectivity index (χ4n) is 1.81. The molecule has 1 aromatic carbocycles. The van der Waals surface area contributed by atoms with Crippen LogP contribution in [0.2, 0.25) is 0 Å². The van der Waals surface area contributed by atoms with Crippen LogP contribution in [0.15, 0.2) is 30.5 Å². The number of halogens is 3. The van der Waals surface area contributed by atoms with Crippen LogP contribution in [0, 0.1) is 0 Å². The molecule has 0 radical (unpaired) electrons. The molecule has 0 fully saturated rings. The standard InChI is InChI=1S/C14H12F3N3O3/c1-23-11(21)6-8-7-18-20-12(8)13(22)19-10-4-2-9(3-5-10)14(15,16)17/h2-5,7H,6H2,1H3,(H,18,20)(H,19,22). The predicted octanol–water partition coefficient (Wildman–Crippen LogP) is 2.40. The van der Waals surface area contributed by atoms with Crippen molar-refractivity contribution in [1.29, 1.82) is 0 Å². The van der Waals surface area contributed by atoms with Crippen LogP contribution in [0.5, 0.6) is 0 Å². The van der Waals surface area contributed by atoms with Crippen molar-refractivity contribution in [3.63, 3.8) is 0 Å². The van der Waals surface area contributed by atoms with Crippen LogP contribution in [-0.2, 0) is 22.1 Å². The molecule has 6 nitrogen and oxygen atoms in total. The number of carbonyl (C=O) groups excluding carboxylic acids is 2. The maximum Gasteiger partial charge on any atom is 0.416 e. The molecule has 2 rings (SSSR count). The number of nitrogens with one attached hydrogen (secondary N) is 2. The molecule has 0 saturated carbocycles. The van der Waals surface area contributed by atoms with E-state index in [1.54, 1.807) is 0 Å². The summed E-state index contributed by atoms with van der Waals surface area (Å²) in [5.74, 6) is -1.17. The molecule has 0 aliphatic rings. The highest BCUT2D eigenvalue weighted by atomic mass is 19.4. The maximum atomic E-state index is 12.5. The monoisotopic (exact) mass is 327 g/mol. The third-order valence-electron chi connectivity index (χ3n) is 2.98. The number of anilines is 1. The van der Waals surface area contributed by atoms with Crippen molar-refractivity contribution in [3.8, 4) is 0 Å². The number of methoxy groups -OCH3 is 1. The van der Waals surface area contributed by atoms with Gasteiger partial charge in [0.25, 0.3) is 5.91 Å². The fourth-order valence-corrected chi connectivity index (χ4v) is 1.81. The normalized spacial score (nSPS) is 11.1. The van der Waals surface area contributed by atoms with Crippen molar-refractivity contribution in [2.75, 3.05) is 12.4 Å². The van der Waals surface area contributed by atoms with E-state index >= 15 is 0 Å². The Labute approximate surface area is 128 Å². The average Bonchev–Trinajstić information content (AvgIpc) is 2.95. The summed E-state index contributed by atoms with van der Waals surface area (Å²) in [5, 5.41) is 8.54. The number of rotatable bonds is 4. The van der Waals surface area contributed by atoms with Crippen molar-refractivity contribution in [3.05, 3.63) is 47.3 Å². The van der Waals surface area contributed by atoms with Gasteiger partial charge in [-0.2, -0.15) is 18.3 Å². The highest BCUT2D eigenvalue weighted by Gasteiger charge is 2.30. The molecule has 1 aromatic heterocycles. The van der Waals surface area contributed by atoms with Crippen molar-refractivity contribution in [2.24, 2.45) is 0 Å². The lowest BCUT2D eigenvalue weighted by molar-refractivity contribution is -0.140. The van der Waals surface area contributed by atoms with Gasteiger partial charge in [-0.15, -0.1) is 0 Å². The number of hydrogen-bond acceptors (Lipinski definition) is 4. The number of ether oxygens (including phenoxy) is 1. The largest absolute Gasteiger partial charge is 0.469 e. The Morgan fingerprint density at radius 2 is 1.91 bits per heavy atom. The van der Waals surface area contributed by atoms with Gasteiger partial charge >= 0.3 is 12.1 Å². The smallest absolute Gasteiger partial charge is 0.416 e. The number of carbonyl (C=O) groups is 2. The van der Waals surface area contributed by atoms with E-state index in [0.717, 1.165) is 24.3 Å². The zero-order valence-electron chi connectivity index (χ0n) is 11.9. The molecule has 0 atom stereocenters. The summed E-state index contributed by atoms with van der Waals surface area (Å²) in [6.45, 7) is 0. The third kappa shape index (κ3) is 4.09. The second-order valence-electron chi connectivity index (χ2n) is 4.55. The van der Waals surface area contributed by atoms with Gasteiger partial charge in [0.1, 0.15) is 5.69 Å². The molecule has 0 spiro atoms. The Kier molecular flexibility index (Phi) is 4.68. The van der Waals surface area contributed by atoms with Crippen LogP contribution in [-0.4, -0.2) is 29.2 Å². The lowest BCUT2D eigenvalue weighted by atomic mass is 10.1. The van der Waals surface area contributed by atoms with Gasteiger partial charge in [-0.25, -0.2) is 0 Å². The lowest BCUT2D eigenvalue weighted by Crippen LogP contribution is -2.16. The van der Waals surface area contributed by atoms with Gasteiger partial charge in [-0.05, 0) is 24.3 Å². The number of hydrogen-bond donors (Lipinski definition) is 2. The van der Waals surface area contributed by atoms with Crippen molar-refractivity contribution in [1.82, 2.24) is 10.2 Å². The molecule has 1 amide bonds. The van der Waals surface area contributed by atoms with Crippen LogP contribution >= 0.6 is 0 Å². The number of alkyl halides is 3. The van der Waals surface area contributed by atoms with Gasteiger partial charge in [0.2, 0.25) is 0 Å². The first kappa shape index (κ1) is 16.5. The Bertz CT molecular complexity index is 708. The minimum absolute atomic E-state index is 0.0373. The van der Waals surface area contributed by atoms with Gasteiger partial charge in [0.15, 0.2) is 0 Å². The molecular weight excluding hydrogens is 315 g/mol. The second-order valence-corrected chi connectivity index (χ2v) is 4.55. The molecule has 1 heterocycles. The number of aromatic amines is 1. The van der Waals surface area contributed by atoms with E-state index in [2.05, 4.69) is 20.3 Å². The Morgan fingerprint density at radius 3 is 2.48 bits per heavy atom. The Morgan fingerprint density at radius 1 is 1.26 bits per heavy atom. The van der Waals surface area contributed by atoms with E-state index in [4.69, 9.17) is 0 Å². The topological polar surface area (TPSA) is 84.1 Å². The summed E-state index contributed by atoms with van der Waals surface area (Å²) in [6, 6.07) is 3.99.